The average molecular weight is 286 g/mol. The third kappa shape index (κ3) is 3.45. The molecule has 0 spiro atoms. The van der Waals surface area contributed by atoms with Gasteiger partial charge in [-0.3, -0.25) is 4.79 Å². The smallest absolute Gasteiger partial charge is 0.223 e. The Hall–Kier alpha value is -0.240. The van der Waals surface area contributed by atoms with Crippen molar-refractivity contribution in [1.82, 2.24) is 5.32 Å². The molecule has 2 aliphatic carbocycles. The maximum Gasteiger partial charge on any atom is 0.223 e. The van der Waals surface area contributed by atoms with Gasteiger partial charge >= 0.3 is 0 Å². The number of alkyl halides is 1. The molecule has 2 fully saturated rings. The van der Waals surface area contributed by atoms with Crippen LogP contribution in [0.2, 0.25) is 0 Å². The molecule has 0 aromatic carbocycles. The maximum atomic E-state index is 12.4. The van der Waals surface area contributed by atoms with Gasteiger partial charge in [0.05, 0.1) is 5.54 Å². The Morgan fingerprint density at radius 2 is 1.79 bits per heavy atom. The summed E-state index contributed by atoms with van der Waals surface area (Å²) in [5.74, 6) is 1.81. The molecule has 110 valence electrons. The van der Waals surface area contributed by atoms with Gasteiger partial charge in [-0.05, 0) is 56.3 Å². The second kappa shape index (κ2) is 5.63. The van der Waals surface area contributed by atoms with Crippen molar-refractivity contribution in [2.24, 2.45) is 17.3 Å². The predicted octanol–water partition coefficient (Wildman–Crippen LogP) is 4.12. The first-order chi connectivity index (χ1) is 8.86. The van der Waals surface area contributed by atoms with E-state index >= 15 is 0 Å². The fourth-order valence-corrected chi connectivity index (χ4v) is 3.81. The number of amides is 1. The second-order valence-electron chi connectivity index (χ2n) is 7.67. The Morgan fingerprint density at radius 1 is 1.21 bits per heavy atom. The molecule has 0 unspecified atom stereocenters. The topological polar surface area (TPSA) is 29.1 Å². The van der Waals surface area contributed by atoms with Crippen LogP contribution in [0.3, 0.4) is 0 Å². The Kier molecular flexibility index (Phi) is 4.49. The summed E-state index contributed by atoms with van der Waals surface area (Å²) in [6.45, 7) is 6.94. The molecule has 1 amide bonds. The van der Waals surface area contributed by atoms with E-state index in [0.717, 1.165) is 31.6 Å². The zero-order valence-electron chi connectivity index (χ0n) is 12.6. The highest BCUT2D eigenvalue weighted by Crippen LogP contribution is 2.40. The normalized spacial score (nSPS) is 30.5. The molecule has 2 aliphatic rings. The molecule has 0 radical (unpaired) electrons. The van der Waals surface area contributed by atoms with E-state index in [1.165, 1.54) is 19.3 Å². The van der Waals surface area contributed by atoms with Crippen molar-refractivity contribution in [1.29, 1.82) is 0 Å². The van der Waals surface area contributed by atoms with Crippen LogP contribution in [0.15, 0.2) is 0 Å². The van der Waals surface area contributed by atoms with E-state index in [1.807, 2.05) is 0 Å². The van der Waals surface area contributed by atoms with E-state index < -0.39 is 0 Å². The number of carbonyl (C=O) groups is 1. The molecule has 0 atom stereocenters. The lowest BCUT2D eigenvalue weighted by atomic mass is 9.69. The quantitative estimate of drug-likeness (QED) is 0.777. The average Bonchev–Trinajstić information content (AvgIpc) is 2.32. The second-order valence-corrected chi connectivity index (χ2v) is 7.94. The summed E-state index contributed by atoms with van der Waals surface area (Å²) in [4.78, 5) is 12.4. The zero-order valence-corrected chi connectivity index (χ0v) is 13.4. The van der Waals surface area contributed by atoms with E-state index in [0.29, 0.717) is 11.3 Å². The van der Waals surface area contributed by atoms with Gasteiger partial charge < -0.3 is 5.32 Å². The van der Waals surface area contributed by atoms with Crippen molar-refractivity contribution in [3.05, 3.63) is 0 Å². The SMILES string of the molecule is CC(C)(C)C1CCC(C(=O)NC2(CCl)CCC2)CC1. The summed E-state index contributed by atoms with van der Waals surface area (Å²) in [5, 5.41) is 3.23. The Morgan fingerprint density at radius 3 is 2.16 bits per heavy atom. The molecule has 2 rings (SSSR count). The van der Waals surface area contributed by atoms with Crippen molar-refractivity contribution in [3.8, 4) is 0 Å². The first-order valence-corrected chi connectivity index (χ1v) is 8.28. The van der Waals surface area contributed by atoms with Gasteiger partial charge in [0.2, 0.25) is 5.91 Å². The van der Waals surface area contributed by atoms with Gasteiger partial charge in [-0.15, -0.1) is 11.6 Å². The Balaban J connectivity index is 1.83. The lowest BCUT2D eigenvalue weighted by Gasteiger charge is -2.43. The summed E-state index contributed by atoms with van der Waals surface area (Å²) in [7, 11) is 0. The highest BCUT2D eigenvalue weighted by molar-refractivity contribution is 6.18. The van der Waals surface area contributed by atoms with Crippen LogP contribution in [-0.4, -0.2) is 17.3 Å². The number of carbonyl (C=O) groups excluding carboxylic acids is 1. The molecular formula is C16H28ClNO. The van der Waals surface area contributed by atoms with Crippen LogP contribution in [-0.2, 0) is 4.79 Å². The van der Waals surface area contributed by atoms with Gasteiger partial charge in [0.25, 0.3) is 0 Å². The minimum absolute atomic E-state index is 0.0699. The molecule has 2 saturated carbocycles. The minimum Gasteiger partial charge on any atom is -0.349 e. The Bertz CT molecular complexity index is 317. The number of rotatable bonds is 3. The van der Waals surface area contributed by atoms with Gasteiger partial charge in [-0.2, -0.15) is 0 Å². The van der Waals surface area contributed by atoms with Crippen LogP contribution < -0.4 is 5.32 Å². The highest BCUT2D eigenvalue weighted by Gasteiger charge is 2.40. The van der Waals surface area contributed by atoms with Crippen molar-refractivity contribution in [2.75, 3.05) is 5.88 Å². The first-order valence-electron chi connectivity index (χ1n) is 7.74. The van der Waals surface area contributed by atoms with Gasteiger partial charge in [0.15, 0.2) is 0 Å². The fourth-order valence-electron chi connectivity index (χ4n) is 3.48. The van der Waals surface area contributed by atoms with Crippen LogP contribution >= 0.6 is 11.6 Å². The molecule has 1 N–H and O–H groups in total. The maximum absolute atomic E-state index is 12.4. The van der Waals surface area contributed by atoms with E-state index in [4.69, 9.17) is 11.6 Å². The highest BCUT2D eigenvalue weighted by atomic mass is 35.5. The largest absolute Gasteiger partial charge is 0.349 e. The first kappa shape index (κ1) is 15.2. The lowest BCUT2D eigenvalue weighted by molar-refractivity contribution is -0.129. The standard InChI is InChI=1S/C16H28ClNO/c1-15(2,3)13-7-5-12(6-8-13)14(19)18-16(11-17)9-4-10-16/h12-13H,4-11H2,1-3H3,(H,18,19). The van der Waals surface area contributed by atoms with Gasteiger partial charge in [-0.25, -0.2) is 0 Å². The molecule has 19 heavy (non-hydrogen) atoms. The Labute approximate surface area is 122 Å². The predicted molar refractivity (Wildman–Crippen MR) is 80.3 cm³/mol. The molecule has 2 nitrogen and oxygen atoms in total. The zero-order chi connectivity index (χ0) is 14.1. The van der Waals surface area contributed by atoms with Crippen LogP contribution in [0.4, 0.5) is 0 Å². The minimum atomic E-state index is -0.0699. The van der Waals surface area contributed by atoms with Crippen LogP contribution in [0, 0.1) is 17.3 Å². The number of hydrogen-bond acceptors (Lipinski definition) is 1. The third-order valence-electron chi connectivity index (χ3n) is 5.28. The van der Waals surface area contributed by atoms with Gasteiger partial charge in [0, 0.05) is 11.8 Å². The molecule has 0 bridgehead atoms. The molecule has 3 heteroatoms. The van der Waals surface area contributed by atoms with Crippen LogP contribution in [0.1, 0.15) is 65.7 Å². The van der Waals surface area contributed by atoms with Crippen molar-refractivity contribution < 1.29 is 4.79 Å². The lowest BCUT2D eigenvalue weighted by Crippen LogP contribution is -2.56. The van der Waals surface area contributed by atoms with Crippen molar-refractivity contribution in [2.45, 2.75) is 71.3 Å². The summed E-state index contributed by atoms with van der Waals surface area (Å²) < 4.78 is 0. The molecule has 0 aromatic heterocycles. The number of hydrogen-bond donors (Lipinski definition) is 1. The molecule has 0 heterocycles. The number of halogens is 1. The monoisotopic (exact) mass is 285 g/mol. The van der Waals surface area contributed by atoms with E-state index in [1.54, 1.807) is 0 Å². The molecule has 0 aromatic rings. The number of nitrogens with one attached hydrogen (secondary N) is 1. The third-order valence-corrected chi connectivity index (χ3v) is 5.79. The van der Waals surface area contributed by atoms with Crippen LogP contribution in [0.25, 0.3) is 0 Å². The van der Waals surface area contributed by atoms with Gasteiger partial charge in [0.1, 0.15) is 0 Å². The van der Waals surface area contributed by atoms with Gasteiger partial charge in [-0.1, -0.05) is 20.8 Å². The summed E-state index contributed by atoms with van der Waals surface area (Å²) in [6.07, 6.45) is 7.78. The van der Waals surface area contributed by atoms with E-state index in [9.17, 15) is 4.79 Å². The molecule has 0 aliphatic heterocycles. The molecule has 0 saturated heterocycles. The molecular weight excluding hydrogens is 258 g/mol. The van der Waals surface area contributed by atoms with E-state index in [2.05, 4.69) is 26.1 Å². The van der Waals surface area contributed by atoms with Crippen molar-refractivity contribution >= 4 is 17.5 Å². The fraction of sp³-hybridized carbons (Fsp3) is 0.938. The summed E-state index contributed by atoms with van der Waals surface area (Å²) >= 11 is 6.01. The summed E-state index contributed by atoms with van der Waals surface area (Å²) in [6, 6.07) is 0. The summed E-state index contributed by atoms with van der Waals surface area (Å²) in [5.41, 5.74) is 0.312. The van der Waals surface area contributed by atoms with Crippen molar-refractivity contribution in [3.63, 3.8) is 0 Å². The van der Waals surface area contributed by atoms with Crippen LogP contribution in [0.5, 0.6) is 0 Å². The van der Waals surface area contributed by atoms with E-state index in [-0.39, 0.29) is 17.4 Å².